The van der Waals surface area contributed by atoms with Crippen LogP contribution in [0.1, 0.15) is 6.42 Å². The number of carbonyl (C=O) groups excluding carboxylic acids is 1. The fourth-order valence-corrected chi connectivity index (χ4v) is 3.19. The zero-order valence-electron chi connectivity index (χ0n) is 10.6. The summed E-state index contributed by atoms with van der Waals surface area (Å²) in [4.78, 5) is 17.6. The Morgan fingerprint density at radius 1 is 1.30 bits per heavy atom. The van der Waals surface area contributed by atoms with Gasteiger partial charge in [0.2, 0.25) is 15.9 Å². The van der Waals surface area contributed by atoms with Gasteiger partial charge in [-0.05, 0) is 17.5 Å². The van der Waals surface area contributed by atoms with Crippen LogP contribution in [0.3, 0.4) is 0 Å². The third-order valence-corrected chi connectivity index (χ3v) is 4.75. The van der Waals surface area contributed by atoms with Gasteiger partial charge >= 0.3 is 0 Å². The van der Waals surface area contributed by atoms with Gasteiger partial charge in [0.05, 0.1) is 5.69 Å². The molecule has 2 heterocycles. The predicted octanol–water partition coefficient (Wildman–Crippen LogP) is 0.629. The minimum Gasteiger partial charge on any atom is -0.310 e. The van der Waals surface area contributed by atoms with Crippen LogP contribution in [0.2, 0.25) is 0 Å². The van der Waals surface area contributed by atoms with E-state index in [0.29, 0.717) is 5.69 Å². The lowest BCUT2D eigenvalue weighted by Crippen LogP contribution is -2.32. The quantitative estimate of drug-likeness (QED) is 0.878. The molecule has 1 aliphatic rings. The number of fused-ring (bicyclic) bond motifs is 1. The van der Waals surface area contributed by atoms with E-state index in [1.807, 2.05) is 18.2 Å². The van der Waals surface area contributed by atoms with E-state index in [2.05, 4.69) is 4.98 Å². The third-order valence-electron chi connectivity index (χ3n) is 3.51. The molecular weight excluding hydrogens is 278 g/mol. The molecule has 3 rings (SSSR count). The number of hydrogen-bond donors (Lipinski definition) is 1. The highest BCUT2D eigenvalue weighted by Crippen LogP contribution is 2.30. The zero-order chi connectivity index (χ0) is 14.3. The monoisotopic (exact) mass is 291 g/mol. The standard InChI is InChI=1S/C13H13N3O3S/c14-20(18,19)10-6-13(17)16(8-10)12-3-1-2-9-4-5-15-7-11(9)12/h1-5,7,10H,6,8H2,(H2,14,18,19). The average molecular weight is 291 g/mol. The summed E-state index contributed by atoms with van der Waals surface area (Å²) >= 11 is 0. The lowest BCUT2D eigenvalue weighted by molar-refractivity contribution is -0.117. The van der Waals surface area contributed by atoms with Crippen molar-refractivity contribution in [2.24, 2.45) is 5.14 Å². The molecule has 20 heavy (non-hydrogen) atoms. The SMILES string of the molecule is NS(=O)(=O)C1CC(=O)N(c2cccc3ccncc23)C1. The van der Waals surface area contributed by atoms with E-state index < -0.39 is 15.3 Å². The van der Waals surface area contributed by atoms with Crippen molar-refractivity contribution in [3.05, 3.63) is 36.7 Å². The highest BCUT2D eigenvalue weighted by molar-refractivity contribution is 7.89. The fraction of sp³-hybridized carbons (Fsp3) is 0.231. The molecule has 0 radical (unpaired) electrons. The highest BCUT2D eigenvalue weighted by Gasteiger charge is 2.37. The first-order valence-electron chi connectivity index (χ1n) is 6.11. The summed E-state index contributed by atoms with van der Waals surface area (Å²) in [6.45, 7) is 0.0890. The van der Waals surface area contributed by atoms with Crippen molar-refractivity contribution in [1.82, 2.24) is 4.98 Å². The van der Waals surface area contributed by atoms with Crippen LogP contribution in [0.5, 0.6) is 0 Å². The highest BCUT2D eigenvalue weighted by atomic mass is 32.2. The predicted molar refractivity (Wildman–Crippen MR) is 75.6 cm³/mol. The lowest BCUT2D eigenvalue weighted by Gasteiger charge is -2.18. The third kappa shape index (κ3) is 2.14. The second kappa shape index (κ2) is 4.53. The lowest BCUT2D eigenvalue weighted by atomic mass is 10.1. The van der Waals surface area contributed by atoms with Gasteiger partial charge in [-0.25, -0.2) is 13.6 Å². The summed E-state index contributed by atoms with van der Waals surface area (Å²) < 4.78 is 22.8. The van der Waals surface area contributed by atoms with Crippen molar-refractivity contribution >= 4 is 32.4 Å². The van der Waals surface area contributed by atoms with Gasteiger partial charge in [-0.3, -0.25) is 9.78 Å². The molecule has 0 saturated carbocycles. The topological polar surface area (TPSA) is 93.4 Å². The van der Waals surface area contributed by atoms with Crippen LogP contribution in [-0.4, -0.2) is 31.1 Å². The Labute approximate surface area is 116 Å². The summed E-state index contributed by atoms with van der Waals surface area (Å²) in [5, 5.41) is 6.06. The molecule has 2 aromatic rings. The number of primary sulfonamides is 1. The minimum atomic E-state index is -3.71. The summed E-state index contributed by atoms with van der Waals surface area (Å²) in [5.74, 6) is -0.236. The summed E-state index contributed by atoms with van der Waals surface area (Å²) in [6.07, 6.45) is 3.27. The molecule has 1 fully saturated rings. The fourth-order valence-electron chi connectivity index (χ4n) is 2.46. The molecule has 1 aromatic carbocycles. The molecule has 0 bridgehead atoms. The van der Waals surface area contributed by atoms with Crippen molar-refractivity contribution in [3.63, 3.8) is 0 Å². The number of benzene rings is 1. The number of anilines is 1. The maximum absolute atomic E-state index is 12.1. The number of sulfonamides is 1. The van der Waals surface area contributed by atoms with Crippen molar-refractivity contribution in [1.29, 1.82) is 0 Å². The molecule has 1 aromatic heterocycles. The van der Waals surface area contributed by atoms with E-state index in [-0.39, 0.29) is 18.9 Å². The molecule has 6 nitrogen and oxygen atoms in total. The number of carbonyl (C=O) groups is 1. The molecule has 1 amide bonds. The van der Waals surface area contributed by atoms with Crippen molar-refractivity contribution < 1.29 is 13.2 Å². The number of nitrogens with two attached hydrogens (primary N) is 1. The largest absolute Gasteiger partial charge is 0.310 e. The molecule has 1 atom stereocenters. The molecule has 2 N–H and O–H groups in total. The second-order valence-electron chi connectivity index (χ2n) is 4.79. The van der Waals surface area contributed by atoms with E-state index in [0.717, 1.165) is 10.8 Å². The smallest absolute Gasteiger partial charge is 0.228 e. The molecule has 1 unspecified atom stereocenters. The molecule has 0 spiro atoms. The molecule has 7 heteroatoms. The first kappa shape index (κ1) is 13.0. The van der Waals surface area contributed by atoms with Crippen LogP contribution < -0.4 is 10.0 Å². The minimum absolute atomic E-state index is 0.0739. The van der Waals surface area contributed by atoms with Crippen molar-refractivity contribution in [2.75, 3.05) is 11.4 Å². The zero-order valence-corrected chi connectivity index (χ0v) is 11.4. The van der Waals surface area contributed by atoms with E-state index >= 15 is 0 Å². The van der Waals surface area contributed by atoms with E-state index in [4.69, 9.17) is 5.14 Å². The Balaban J connectivity index is 2.06. The van der Waals surface area contributed by atoms with Crippen LogP contribution in [0, 0.1) is 0 Å². The summed E-state index contributed by atoms with van der Waals surface area (Å²) in [5.41, 5.74) is 0.673. The Kier molecular flexibility index (Phi) is 2.95. The summed E-state index contributed by atoms with van der Waals surface area (Å²) in [7, 11) is -3.71. The molecule has 1 aliphatic heterocycles. The molecule has 0 aliphatic carbocycles. The van der Waals surface area contributed by atoms with E-state index in [1.54, 1.807) is 18.5 Å². The van der Waals surface area contributed by atoms with Crippen LogP contribution in [0.25, 0.3) is 10.8 Å². The van der Waals surface area contributed by atoms with Gasteiger partial charge in [0.15, 0.2) is 0 Å². The number of rotatable bonds is 2. The first-order valence-corrected chi connectivity index (χ1v) is 7.72. The normalized spacial score (nSPS) is 19.8. The van der Waals surface area contributed by atoms with Crippen molar-refractivity contribution in [2.45, 2.75) is 11.7 Å². The van der Waals surface area contributed by atoms with Gasteiger partial charge in [0.1, 0.15) is 5.25 Å². The van der Waals surface area contributed by atoms with Gasteiger partial charge in [0.25, 0.3) is 0 Å². The molecule has 104 valence electrons. The van der Waals surface area contributed by atoms with Crippen molar-refractivity contribution in [3.8, 4) is 0 Å². The first-order chi connectivity index (χ1) is 9.47. The van der Waals surface area contributed by atoms with Gasteiger partial charge in [-0.2, -0.15) is 0 Å². The maximum atomic E-state index is 12.1. The number of nitrogens with zero attached hydrogens (tertiary/aromatic N) is 2. The Morgan fingerprint density at radius 2 is 2.10 bits per heavy atom. The number of hydrogen-bond acceptors (Lipinski definition) is 4. The number of amides is 1. The number of pyridine rings is 1. The molecule has 1 saturated heterocycles. The molecular formula is C13H13N3O3S. The number of aromatic nitrogens is 1. The summed E-state index contributed by atoms with van der Waals surface area (Å²) in [6, 6.07) is 7.37. The van der Waals surface area contributed by atoms with Crippen LogP contribution in [0.4, 0.5) is 5.69 Å². The Bertz CT molecular complexity index is 783. The van der Waals surface area contributed by atoms with Crippen LogP contribution in [0.15, 0.2) is 36.7 Å². The van der Waals surface area contributed by atoms with Gasteiger partial charge < -0.3 is 4.90 Å². The van der Waals surface area contributed by atoms with Gasteiger partial charge in [0, 0.05) is 30.7 Å². The second-order valence-corrected chi connectivity index (χ2v) is 6.64. The van der Waals surface area contributed by atoms with Crippen LogP contribution in [-0.2, 0) is 14.8 Å². The van der Waals surface area contributed by atoms with Crippen LogP contribution >= 0.6 is 0 Å². The Hall–Kier alpha value is -1.99. The average Bonchev–Trinajstić information content (AvgIpc) is 2.80. The Morgan fingerprint density at radius 3 is 2.80 bits per heavy atom. The van der Waals surface area contributed by atoms with E-state index in [9.17, 15) is 13.2 Å². The van der Waals surface area contributed by atoms with Gasteiger partial charge in [-0.15, -0.1) is 0 Å². The van der Waals surface area contributed by atoms with E-state index in [1.165, 1.54) is 4.90 Å². The maximum Gasteiger partial charge on any atom is 0.228 e. The van der Waals surface area contributed by atoms with Gasteiger partial charge in [-0.1, -0.05) is 12.1 Å².